The summed E-state index contributed by atoms with van der Waals surface area (Å²) in [4.78, 5) is 2.50. The van der Waals surface area contributed by atoms with Crippen molar-refractivity contribution in [3.8, 4) is 55.6 Å². The van der Waals surface area contributed by atoms with E-state index in [9.17, 15) is 0 Å². The topological polar surface area (TPSA) is 3.24 Å². The molecule has 9 aromatic carbocycles. The van der Waals surface area contributed by atoms with Gasteiger partial charge in [-0.25, -0.2) is 0 Å². The lowest BCUT2D eigenvalue weighted by Gasteiger charge is -2.30. The summed E-state index contributed by atoms with van der Waals surface area (Å²) in [5.41, 5.74) is 24.4. The molecule has 0 radical (unpaired) electrons. The first kappa shape index (κ1) is 36.9. The first-order chi connectivity index (χ1) is 30.0. The van der Waals surface area contributed by atoms with E-state index in [1.807, 2.05) is 0 Å². The fourth-order valence-corrected chi connectivity index (χ4v) is 11.6. The summed E-state index contributed by atoms with van der Waals surface area (Å²) in [6.45, 7) is 14.2. The Labute approximate surface area is 366 Å². The highest BCUT2D eigenvalue weighted by atomic mass is 15.1. The van der Waals surface area contributed by atoms with Crippen LogP contribution in [0.5, 0.6) is 0 Å². The van der Waals surface area contributed by atoms with Gasteiger partial charge in [0.05, 0.1) is 5.69 Å². The van der Waals surface area contributed by atoms with Crippen LogP contribution >= 0.6 is 0 Å². The molecule has 3 aliphatic carbocycles. The molecule has 0 saturated carbocycles. The summed E-state index contributed by atoms with van der Waals surface area (Å²) in [6, 6.07) is 71.0. The summed E-state index contributed by atoms with van der Waals surface area (Å²) in [7, 11) is 0. The normalized spacial score (nSPS) is 15.3. The molecule has 298 valence electrons. The molecule has 62 heavy (non-hydrogen) atoms. The van der Waals surface area contributed by atoms with E-state index in [2.05, 4.69) is 234 Å². The molecule has 0 aromatic heterocycles. The van der Waals surface area contributed by atoms with Gasteiger partial charge in [0.15, 0.2) is 0 Å². The van der Waals surface area contributed by atoms with Gasteiger partial charge in [0.1, 0.15) is 0 Å². The first-order valence-corrected chi connectivity index (χ1v) is 22.2. The van der Waals surface area contributed by atoms with Gasteiger partial charge >= 0.3 is 0 Å². The lowest BCUT2D eigenvalue weighted by atomic mass is 9.81. The van der Waals surface area contributed by atoms with Crippen LogP contribution in [0.2, 0.25) is 0 Å². The van der Waals surface area contributed by atoms with Crippen molar-refractivity contribution in [1.29, 1.82) is 0 Å². The third kappa shape index (κ3) is 5.15. The number of para-hydroxylation sites is 1. The van der Waals surface area contributed by atoms with Gasteiger partial charge in [-0.2, -0.15) is 0 Å². The van der Waals surface area contributed by atoms with Crippen LogP contribution in [-0.2, 0) is 16.2 Å². The largest absolute Gasteiger partial charge is 0.310 e. The molecule has 0 amide bonds. The maximum Gasteiger partial charge on any atom is 0.0540 e. The minimum Gasteiger partial charge on any atom is -0.310 e. The number of anilines is 3. The van der Waals surface area contributed by atoms with Crippen molar-refractivity contribution in [2.45, 2.75) is 57.8 Å². The molecule has 0 aliphatic heterocycles. The van der Waals surface area contributed by atoms with Crippen LogP contribution in [0.4, 0.5) is 17.1 Å². The van der Waals surface area contributed by atoms with E-state index in [0.29, 0.717) is 0 Å². The zero-order valence-corrected chi connectivity index (χ0v) is 36.3. The highest BCUT2D eigenvalue weighted by molar-refractivity contribution is 6.02. The average molecular weight is 796 g/mol. The van der Waals surface area contributed by atoms with Crippen LogP contribution < -0.4 is 4.90 Å². The number of hydrogen-bond donors (Lipinski definition) is 0. The lowest BCUT2D eigenvalue weighted by molar-refractivity contribution is 0.660. The minimum atomic E-state index is -0.134. The predicted octanol–water partition coefficient (Wildman–Crippen LogP) is 16.6. The van der Waals surface area contributed by atoms with Crippen molar-refractivity contribution < 1.29 is 0 Å². The summed E-state index contributed by atoms with van der Waals surface area (Å²) in [5.74, 6) is 0. The number of rotatable bonds is 5. The SMILES string of the molecule is CC1(C)c2ccccc2-c2cc(-c3ccc(N(c4ccc5c(c4)C(C)(C)c4ccccc4-5)c4ccccc4-c4cccc5c4-c4cc6ccccc6cc4C5(C)C)cc3)ccc21. The molecule has 0 N–H and O–H groups in total. The van der Waals surface area contributed by atoms with Crippen molar-refractivity contribution in [3.05, 3.63) is 221 Å². The molecule has 12 rings (SSSR count). The molecule has 0 saturated heterocycles. The van der Waals surface area contributed by atoms with Crippen LogP contribution in [0, 0.1) is 0 Å². The summed E-state index contributed by atoms with van der Waals surface area (Å²) >= 11 is 0. The first-order valence-electron chi connectivity index (χ1n) is 22.2. The summed E-state index contributed by atoms with van der Waals surface area (Å²) < 4.78 is 0. The average Bonchev–Trinajstić information content (AvgIpc) is 3.78. The van der Waals surface area contributed by atoms with Gasteiger partial charge in [-0.1, -0.05) is 181 Å². The maximum absolute atomic E-state index is 2.50. The molecule has 0 heterocycles. The van der Waals surface area contributed by atoms with Crippen LogP contribution in [0.15, 0.2) is 188 Å². The van der Waals surface area contributed by atoms with Crippen LogP contribution in [0.3, 0.4) is 0 Å². The third-order valence-electron chi connectivity index (χ3n) is 14.9. The standard InChI is InChI=1S/C61H49N/c1-59(2)52-23-13-10-19-45(52)49-34-41(28-33-53(49)59)38-26-29-42(30-27-38)62(43-31-32-46-44-18-9-12-22-51(44)60(3,4)56(46)37-43)57-25-14-11-20-47(57)48-21-15-24-54-58(48)50-35-39-16-7-8-17-40(39)36-55(50)61(54,5)6/h7-37H,1-6H3. The number of fused-ring (bicyclic) bond motifs is 10. The van der Waals surface area contributed by atoms with Gasteiger partial charge in [-0.3, -0.25) is 0 Å². The van der Waals surface area contributed by atoms with E-state index in [1.165, 1.54) is 99.8 Å². The monoisotopic (exact) mass is 795 g/mol. The molecule has 0 atom stereocenters. The van der Waals surface area contributed by atoms with Crippen molar-refractivity contribution in [3.63, 3.8) is 0 Å². The van der Waals surface area contributed by atoms with Crippen LogP contribution in [-0.4, -0.2) is 0 Å². The Kier molecular flexibility index (Phi) is 7.74. The molecule has 0 spiro atoms. The molecule has 1 heteroatoms. The zero-order valence-electron chi connectivity index (χ0n) is 36.3. The van der Waals surface area contributed by atoms with Crippen molar-refractivity contribution >= 4 is 27.8 Å². The highest BCUT2D eigenvalue weighted by Gasteiger charge is 2.39. The van der Waals surface area contributed by atoms with Crippen LogP contribution in [0.25, 0.3) is 66.4 Å². The van der Waals surface area contributed by atoms with E-state index in [4.69, 9.17) is 0 Å². The highest BCUT2D eigenvalue weighted by Crippen LogP contribution is 2.56. The second kappa shape index (κ2) is 13.0. The molecule has 1 nitrogen and oxygen atoms in total. The van der Waals surface area contributed by atoms with Crippen molar-refractivity contribution in [2.75, 3.05) is 4.90 Å². The Morgan fingerprint density at radius 2 is 0.790 bits per heavy atom. The number of nitrogens with zero attached hydrogens (tertiary/aromatic N) is 1. The molecule has 0 bridgehead atoms. The molecule has 9 aromatic rings. The van der Waals surface area contributed by atoms with E-state index >= 15 is 0 Å². The van der Waals surface area contributed by atoms with Gasteiger partial charge in [0.25, 0.3) is 0 Å². The molecular weight excluding hydrogens is 747 g/mol. The van der Waals surface area contributed by atoms with E-state index in [1.54, 1.807) is 0 Å². The van der Waals surface area contributed by atoms with E-state index < -0.39 is 0 Å². The van der Waals surface area contributed by atoms with Crippen LogP contribution in [0.1, 0.15) is 74.9 Å². The quantitative estimate of drug-likeness (QED) is 0.168. The number of hydrogen-bond acceptors (Lipinski definition) is 1. The Balaban J connectivity index is 1.04. The second-order valence-corrected chi connectivity index (χ2v) is 19.3. The third-order valence-corrected chi connectivity index (χ3v) is 14.9. The second-order valence-electron chi connectivity index (χ2n) is 19.3. The predicted molar refractivity (Wildman–Crippen MR) is 262 cm³/mol. The van der Waals surface area contributed by atoms with Gasteiger partial charge in [0.2, 0.25) is 0 Å². The van der Waals surface area contributed by atoms with E-state index in [0.717, 1.165) is 17.1 Å². The minimum absolute atomic E-state index is 0.0154. The molecule has 0 fully saturated rings. The summed E-state index contributed by atoms with van der Waals surface area (Å²) in [5, 5.41) is 2.57. The number of benzene rings is 9. The van der Waals surface area contributed by atoms with E-state index in [-0.39, 0.29) is 16.2 Å². The Morgan fingerprint density at radius 3 is 1.53 bits per heavy atom. The lowest BCUT2D eigenvalue weighted by Crippen LogP contribution is -2.17. The maximum atomic E-state index is 2.50. The van der Waals surface area contributed by atoms with Gasteiger partial charge < -0.3 is 4.90 Å². The Bertz CT molecular complexity index is 3320. The van der Waals surface area contributed by atoms with Gasteiger partial charge in [-0.15, -0.1) is 0 Å². The molecular formula is C61H49N. The molecule has 3 aliphatic rings. The van der Waals surface area contributed by atoms with Crippen molar-refractivity contribution in [1.82, 2.24) is 0 Å². The zero-order chi connectivity index (χ0) is 42.1. The van der Waals surface area contributed by atoms with Crippen molar-refractivity contribution in [2.24, 2.45) is 0 Å². The Hall–Kier alpha value is -6.96. The fourth-order valence-electron chi connectivity index (χ4n) is 11.6. The van der Waals surface area contributed by atoms with Gasteiger partial charge in [0, 0.05) is 33.2 Å². The molecule has 0 unspecified atom stereocenters. The Morgan fingerprint density at radius 1 is 0.290 bits per heavy atom. The van der Waals surface area contributed by atoms with Gasteiger partial charge in [-0.05, 0) is 143 Å². The fraction of sp³-hybridized carbons (Fsp3) is 0.148. The smallest absolute Gasteiger partial charge is 0.0540 e. The summed E-state index contributed by atoms with van der Waals surface area (Å²) in [6.07, 6.45) is 0.